The molecule has 0 radical (unpaired) electrons. The van der Waals surface area contributed by atoms with Gasteiger partial charge >= 0.3 is 15.7 Å². The summed E-state index contributed by atoms with van der Waals surface area (Å²) < 4.78 is 39.9. The Bertz CT molecular complexity index is 1070. The Morgan fingerprint density at radius 3 is 2.36 bits per heavy atom. The highest BCUT2D eigenvalue weighted by atomic mass is 35.5. The van der Waals surface area contributed by atoms with Gasteiger partial charge in [-0.15, -0.1) is 11.6 Å². The van der Waals surface area contributed by atoms with Crippen molar-refractivity contribution in [2.75, 3.05) is 7.11 Å². The predicted molar refractivity (Wildman–Crippen MR) is 92.8 cm³/mol. The first-order valence-electron chi connectivity index (χ1n) is 7.14. The monoisotopic (exact) mass is 380 g/mol. The van der Waals surface area contributed by atoms with E-state index in [-0.39, 0.29) is 22.1 Å². The van der Waals surface area contributed by atoms with Crippen LogP contribution in [0.4, 0.5) is 0 Å². The third kappa shape index (κ3) is 3.62. The molecule has 8 heteroatoms. The van der Waals surface area contributed by atoms with Gasteiger partial charge in [-0.2, -0.15) is 8.42 Å². The first-order chi connectivity index (χ1) is 11.9. The van der Waals surface area contributed by atoms with Gasteiger partial charge in [-0.05, 0) is 42.0 Å². The summed E-state index contributed by atoms with van der Waals surface area (Å²) in [5.41, 5.74) is 0.223. The van der Waals surface area contributed by atoms with Crippen molar-refractivity contribution in [1.29, 1.82) is 0 Å². The van der Waals surface area contributed by atoms with Crippen LogP contribution in [-0.4, -0.2) is 15.5 Å². The standard InChI is InChI=1S/C17H13ClO6S/c1-22-12-2-5-14(6-3-12)25(20,21)24-13-4-7-15-11(10-18)8-17(19)23-16(15)9-13/h2-9H,10H2,1H3. The Balaban J connectivity index is 1.97. The number of halogens is 1. The lowest BCUT2D eigenvalue weighted by Gasteiger charge is -2.09. The van der Waals surface area contributed by atoms with Crippen LogP contribution in [0.1, 0.15) is 5.56 Å². The SMILES string of the molecule is COc1ccc(S(=O)(=O)Oc2ccc3c(CCl)cc(=O)oc3c2)cc1. The molecule has 25 heavy (non-hydrogen) atoms. The van der Waals surface area contributed by atoms with Crippen LogP contribution < -0.4 is 14.5 Å². The molecule has 0 N–H and O–H groups in total. The molecule has 0 amide bonds. The molecule has 0 saturated carbocycles. The summed E-state index contributed by atoms with van der Waals surface area (Å²) in [7, 11) is -2.55. The van der Waals surface area contributed by atoms with E-state index in [9.17, 15) is 13.2 Å². The lowest BCUT2D eigenvalue weighted by molar-refractivity contribution is 0.414. The molecule has 0 aliphatic rings. The number of hydrogen-bond acceptors (Lipinski definition) is 6. The average molecular weight is 381 g/mol. The van der Waals surface area contributed by atoms with E-state index in [0.717, 1.165) is 0 Å². The van der Waals surface area contributed by atoms with E-state index in [0.29, 0.717) is 16.7 Å². The molecule has 0 aliphatic heterocycles. The van der Waals surface area contributed by atoms with Crippen LogP contribution in [0.3, 0.4) is 0 Å². The molecule has 0 unspecified atom stereocenters. The topological polar surface area (TPSA) is 82.8 Å². The maximum Gasteiger partial charge on any atom is 0.339 e. The van der Waals surface area contributed by atoms with Crippen molar-refractivity contribution >= 4 is 32.7 Å². The minimum absolute atomic E-state index is 0.0237. The molecule has 0 spiro atoms. The van der Waals surface area contributed by atoms with Gasteiger partial charge in [-0.25, -0.2) is 4.79 Å². The summed E-state index contributed by atoms with van der Waals surface area (Å²) in [6, 6.07) is 11.5. The van der Waals surface area contributed by atoms with Gasteiger partial charge in [0, 0.05) is 23.4 Å². The number of methoxy groups -OCH3 is 1. The second-order valence-electron chi connectivity index (χ2n) is 5.10. The zero-order chi connectivity index (χ0) is 18.0. The number of ether oxygens (including phenoxy) is 1. The van der Waals surface area contributed by atoms with E-state index in [2.05, 4.69) is 0 Å². The predicted octanol–water partition coefficient (Wildman–Crippen LogP) is 3.31. The zero-order valence-corrected chi connectivity index (χ0v) is 14.6. The fourth-order valence-electron chi connectivity index (χ4n) is 2.29. The van der Waals surface area contributed by atoms with Crippen molar-refractivity contribution in [3.8, 4) is 11.5 Å². The third-order valence-electron chi connectivity index (χ3n) is 3.50. The molecule has 2 aromatic carbocycles. The van der Waals surface area contributed by atoms with E-state index in [4.69, 9.17) is 24.9 Å². The number of fused-ring (bicyclic) bond motifs is 1. The Morgan fingerprint density at radius 2 is 1.72 bits per heavy atom. The van der Waals surface area contributed by atoms with Crippen molar-refractivity contribution in [2.45, 2.75) is 10.8 Å². The molecule has 0 atom stereocenters. The molecule has 1 heterocycles. The summed E-state index contributed by atoms with van der Waals surface area (Å²) in [4.78, 5) is 11.5. The first-order valence-corrected chi connectivity index (χ1v) is 9.08. The Hall–Kier alpha value is -2.51. The Morgan fingerprint density at radius 1 is 1.04 bits per heavy atom. The number of hydrogen-bond donors (Lipinski definition) is 0. The van der Waals surface area contributed by atoms with Crippen molar-refractivity contribution in [3.63, 3.8) is 0 Å². The third-order valence-corrected chi connectivity index (χ3v) is 5.05. The van der Waals surface area contributed by atoms with E-state index in [1.807, 2.05) is 0 Å². The van der Waals surface area contributed by atoms with Crippen LogP contribution in [0, 0.1) is 0 Å². The van der Waals surface area contributed by atoms with Gasteiger partial charge in [0.25, 0.3) is 0 Å². The molecule has 0 saturated heterocycles. The van der Waals surface area contributed by atoms with Gasteiger partial charge in [-0.1, -0.05) is 0 Å². The van der Waals surface area contributed by atoms with Crippen molar-refractivity contribution < 1.29 is 21.8 Å². The summed E-state index contributed by atoms with van der Waals surface area (Å²) in [5, 5.41) is 0.615. The summed E-state index contributed by atoms with van der Waals surface area (Å²) in [6.45, 7) is 0. The second kappa shape index (κ2) is 6.78. The lowest BCUT2D eigenvalue weighted by atomic mass is 10.1. The second-order valence-corrected chi connectivity index (χ2v) is 6.91. The normalized spacial score (nSPS) is 11.4. The van der Waals surface area contributed by atoms with E-state index < -0.39 is 15.7 Å². The molecule has 0 aliphatic carbocycles. The Kier molecular flexibility index (Phi) is 4.69. The van der Waals surface area contributed by atoms with Crippen molar-refractivity contribution in [2.24, 2.45) is 0 Å². The minimum Gasteiger partial charge on any atom is -0.497 e. The summed E-state index contributed by atoms with van der Waals surface area (Å²) in [6.07, 6.45) is 0. The zero-order valence-electron chi connectivity index (χ0n) is 13.1. The van der Waals surface area contributed by atoms with Gasteiger partial charge in [0.05, 0.1) is 7.11 Å². The van der Waals surface area contributed by atoms with E-state index >= 15 is 0 Å². The molecule has 0 bridgehead atoms. The fraction of sp³-hybridized carbons (Fsp3) is 0.118. The largest absolute Gasteiger partial charge is 0.497 e. The van der Waals surface area contributed by atoms with Gasteiger partial charge in [0.15, 0.2) is 0 Å². The van der Waals surface area contributed by atoms with Crippen LogP contribution in [-0.2, 0) is 16.0 Å². The van der Waals surface area contributed by atoms with Crippen LogP contribution in [0.25, 0.3) is 11.0 Å². The van der Waals surface area contributed by atoms with Gasteiger partial charge in [-0.3, -0.25) is 0 Å². The van der Waals surface area contributed by atoms with Crippen LogP contribution in [0.5, 0.6) is 11.5 Å². The maximum absolute atomic E-state index is 12.4. The maximum atomic E-state index is 12.4. The smallest absolute Gasteiger partial charge is 0.339 e. The van der Waals surface area contributed by atoms with Crippen LogP contribution in [0.15, 0.2) is 62.6 Å². The number of rotatable bonds is 5. The first kappa shape index (κ1) is 17.3. The number of alkyl halides is 1. The molecule has 3 aromatic rings. The summed E-state index contributed by atoms with van der Waals surface area (Å²) in [5.74, 6) is 0.685. The van der Waals surface area contributed by atoms with E-state index in [1.165, 1.54) is 49.6 Å². The van der Waals surface area contributed by atoms with Gasteiger partial charge < -0.3 is 13.3 Å². The highest BCUT2D eigenvalue weighted by Gasteiger charge is 2.17. The molecular weight excluding hydrogens is 368 g/mol. The number of benzene rings is 2. The molecule has 1 aromatic heterocycles. The average Bonchev–Trinajstić information content (AvgIpc) is 2.60. The van der Waals surface area contributed by atoms with Crippen molar-refractivity contribution in [1.82, 2.24) is 0 Å². The minimum atomic E-state index is -4.03. The molecular formula is C17H13ClO6S. The molecule has 6 nitrogen and oxygen atoms in total. The molecule has 3 rings (SSSR count). The molecule has 130 valence electrons. The lowest BCUT2D eigenvalue weighted by Crippen LogP contribution is -2.09. The van der Waals surface area contributed by atoms with Crippen LogP contribution >= 0.6 is 11.6 Å². The highest BCUT2D eigenvalue weighted by Crippen LogP contribution is 2.26. The van der Waals surface area contributed by atoms with Gasteiger partial charge in [0.2, 0.25) is 0 Å². The quantitative estimate of drug-likeness (QED) is 0.383. The van der Waals surface area contributed by atoms with Gasteiger partial charge in [0.1, 0.15) is 22.0 Å². The van der Waals surface area contributed by atoms with E-state index in [1.54, 1.807) is 6.07 Å². The highest BCUT2D eigenvalue weighted by molar-refractivity contribution is 7.87. The van der Waals surface area contributed by atoms with Crippen LogP contribution in [0.2, 0.25) is 0 Å². The molecule has 0 fully saturated rings. The Labute approximate surface area is 148 Å². The summed E-state index contributed by atoms with van der Waals surface area (Å²) >= 11 is 5.81. The van der Waals surface area contributed by atoms with Crippen molar-refractivity contribution in [3.05, 3.63) is 64.5 Å². The fourth-order valence-corrected chi connectivity index (χ4v) is 3.43.